The average molecular weight is 303 g/mol. The van der Waals surface area contributed by atoms with E-state index in [1.165, 1.54) is 45.1 Å². The van der Waals surface area contributed by atoms with Crippen LogP contribution >= 0.6 is 0 Å². The first-order valence-corrected chi connectivity index (χ1v) is 8.79. The number of carbonyl (C=O) groups is 1. The van der Waals surface area contributed by atoms with Crippen molar-refractivity contribution in [3.8, 4) is 0 Å². The van der Waals surface area contributed by atoms with Crippen molar-refractivity contribution in [2.45, 2.75) is 79.1 Å². The van der Waals surface area contributed by atoms with Crippen molar-refractivity contribution < 1.29 is 9.90 Å². The minimum absolute atomic E-state index is 0.515. The van der Waals surface area contributed by atoms with Gasteiger partial charge in [0.15, 0.2) is 0 Å². The highest BCUT2D eigenvalue weighted by Crippen LogP contribution is 2.10. The Labute approximate surface area is 132 Å². The summed E-state index contributed by atoms with van der Waals surface area (Å²) < 4.78 is 0. The van der Waals surface area contributed by atoms with Crippen molar-refractivity contribution >= 4 is 6.09 Å². The zero-order valence-electron chi connectivity index (χ0n) is 14.7. The Balaban J connectivity index is 0. The SMILES string of the molecule is CCCCC(CC)CNC(=O)O.CCCCCCNCC. The van der Waals surface area contributed by atoms with Gasteiger partial charge in [-0.15, -0.1) is 0 Å². The Kier molecular flexibility index (Phi) is 20.6. The fraction of sp³-hybridized carbons (Fsp3) is 0.941. The van der Waals surface area contributed by atoms with Gasteiger partial charge in [0.2, 0.25) is 0 Å². The van der Waals surface area contributed by atoms with Crippen molar-refractivity contribution in [1.82, 2.24) is 10.6 Å². The molecule has 0 rings (SSSR count). The van der Waals surface area contributed by atoms with Gasteiger partial charge in [-0.05, 0) is 31.8 Å². The first-order chi connectivity index (χ1) is 10.1. The predicted octanol–water partition coefficient (Wildman–Crippen LogP) is 4.65. The van der Waals surface area contributed by atoms with Gasteiger partial charge in [0.25, 0.3) is 0 Å². The number of unbranched alkanes of at least 4 members (excludes halogenated alkanes) is 4. The number of amides is 1. The Morgan fingerprint density at radius 3 is 2.14 bits per heavy atom. The van der Waals surface area contributed by atoms with Crippen LogP contribution in [0.1, 0.15) is 79.1 Å². The number of carboxylic acid groups (broad SMARTS) is 1. The van der Waals surface area contributed by atoms with E-state index in [-0.39, 0.29) is 0 Å². The summed E-state index contributed by atoms with van der Waals surface area (Å²) in [4.78, 5) is 10.2. The number of hydrogen-bond donors (Lipinski definition) is 3. The second-order valence-corrected chi connectivity index (χ2v) is 5.52. The second-order valence-electron chi connectivity index (χ2n) is 5.52. The van der Waals surface area contributed by atoms with E-state index in [1.54, 1.807) is 0 Å². The second kappa shape index (κ2) is 19.2. The van der Waals surface area contributed by atoms with Crippen molar-refractivity contribution in [3.05, 3.63) is 0 Å². The van der Waals surface area contributed by atoms with Gasteiger partial charge in [-0.1, -0.05) is 66.2 Å². The van der Waals surface area contributed by atoms with Crippen LogP contribution in [0.4, 0.5) is 4.79 Å². The topological polar surface area (TPSA) is 61.4 Å². The molecule has 0 aromatic carbocycles. The molecule has 0 aliphatic rings. The van der Waals surface area contributed by atoms with E-state index >= 15 is 0 Å². The summed E-state index contributed by atoms with van der Waals surface area (Å²) in [6.45, 7) is 11.6. The molecule has 3 N–H and O–H groups in total. The summed E-state index contributed by atoms with van der Waals surface area (Å²) in [5.41, 5.74) is 0. The number of rotatable bonds is 12. The van der Waals surface area contributed by atoms with Crippen LogP contribution in [0.3, 0.4) is 0 Å². The summed E-state index contributed by atoms with van der Waals surface area (Å²) in [5.74, 6) is 0.515. The van der Waals surface area contributed by atoms with Crippen LogP contribution in [0.15, 0.2) is 0 Å². The molecule has 0 heterocycles. The molecule has 1 amide bonds. The zero-order chi connectivity index (χ0) is 16.3. The maximum absolute atomic E-state index is 10.2. The van der Waals surface area contributed by atoms with Gasteiger partial charge in [0.1, 0.15) is 0 Å². The van der Waals surface area contributed by atoms with E-state index in [0.717, 1.165) is 19.4 Å². The minimum Gasteiger partial charge on any atom is -0.465 e. The molecule has 0 aromatic rings. The molecule has 0 spiro atoms. The third-order valence-corrected chi connectivity index (χ3v) is 3.54. The molecular formula is C17H38N2O2. The quantitative estimate of drug-likeness (QED) is 0.460. The molecule has 0 bridgehead atoms. The van der Waals surface area contributed by atoms with Gasteiger partial charge in [0, 0.05) is 6.54 Å². The lowest BCUT2D eigenvalue weighted by Gasteiger charge is -2.13. The summed E-state index contributed by atoms with van der Waals surface area (Å²) in [6.07, 6.45) is 9.13. The van der Waals surface area contributed by atoms with Gasteiger partial charge >= 0.3 is 6.09 Å². The molecule has 1 unspecified atom stereocenters. The summed E-state index contributed by atoms with van der Waals surface area (Å²) in [6, 6.07) is 0. The van der Waals surface area contributed by atoms with Crippen LogP contribution in [-0.2, 0) is 0 Å². The lowest BCUT2D eigenvalue weighted by molar-refractivity contribution is 0.191. The maximum atomic E-state index is 10.2. The molecule has 0 aliphatic heterocycles. The van der Waals surface area contributed by atoms with Crippen LogP contribution in [-0.4, -0.2) is 30.8 Å². The summed E-state index contributed by atoms with van der Waals surface area (Å²) in [7, 11) is 0. The maximum Gasteiger partial charge on any atom is 0.404 e. The van der Waals surface area contributed by atoms with E-state index in [2.05, 4.69) is 38.3 Å². The molecule has 128 valence electrons. The monoisotopic (exact) mass is 302 g/mol. The third kappa shape index (κ3) is 21.7. The first kappa shape index (κ1) is 22.5. The van der Waals surface area contributed by atoms with Crippen molar-refractivity contribution in [3.63, 3.8) is 0 Å². The largest absolute Gasteiger partial charge is 0.465 e. The Bertz CT molecular complexity index is 205. The molecule has 0 aromatic heterocycles. The van der Waals surface area contributed by atoms with Crippen molar-refractivity contribution in [1.29, 1.82) is 0 Å². The van der Waals surface area contributed by atoms with Crippen molar-refractivity contribution in [2.24, 2.45) is 5.92 Å². The molecule has 0 saturated heterocycles. The van der Waals surface area contributed by atoms with Crippen LogP contribution in [0.2, 0.25) is 0 Å². The molecule has 0 radical (unpaired) electrons. The highest BCUT2D eigenvalue weighted by Gasteiger charge is 2.06. The Hall–Kier alpha value is -0.770. The molecule has 0 saturated carbocycles. The van der Waals surface area contributed by atoms with E-state index in [9.17, 15) is 4.79 Å². The highest BCUT2D eigenvalue weighted by molar-refractivity contribution is 5.64. The number of nitrogens with one attached hydrogen (secondary N) is 2. The van der Waals surface area contributed by atoms with Crippen molar-refractivity contribution in [2.75, 3.05) is 19.6 Å². The molecule has 0 aliphatic carbocycles. The number of hydrogen-bond acceptors (Lipinski definition) is 2. The van der Waals surface area contributed by atoms with Gasteiger partial charge in [-0.25, -0.2) is 4.79 Å². The third-order valence-electron chi connectivity index (χ3n) is 3.54. The average Bonchev–Trinajstić information content (AvgIpc) is 2.48. The molecule has 4 nitrogen and oxygen atoms in total. The minimum atomic E-state index is -0.912. The Morgan fingerprint density at radius 2 is 1.67 bits per heavy atom. The lowest BCUT2D eigenvalue weighted by atomic mass is 10.00. The molecular weight excluding hydrogens is 264 g/mol. The van der Waals surface area contributed by atoms with Gasteiger partial charge in [0.05, 0.1) is 0 Å². The van der Waals surface area contributed by atoms with Crippen LogP contribution in [0.5, 0.6) is 0 Å². The smallest absolute Gasteiger partial charge is 0.404 e. The first-order valence-electron chi connectivity index (χ1n) is 8.79. The molecule has 1 atom stereocenters. The summed E-state index contributed by atoms with van der Waals surface area (Å²) >= 11 is 0. The standard InChI is InChI=1S/C9H19NO2.C8H19N/c1-3-5-6-8(4-2)7-10-9(11)12;1-3-5-6-7-8-9-4-2/h8,10H,3-7H2,1-2H3,(H,11,12);9H,3-8H2,1-2H3. The normalized spacial score (nSPS) is 11.4. The van der Waals surface area contributed by atoms with Crippen LogP contribution in [0, 0.1) is 5.92 Å². The van der Waals surface area contributed by atoms with E-state index in [1.807, 2.05) is 0 Å². The highest BCUT2D eigenvalue weighted by atomic mass is 16.4. The molecule has 4 heteroatoms. The van der Waals surface area contributed by atoms with E-state index in [4.69, 9.17) is 5.11 Å². The van der Waals surface area contributed by atoms with E-state index < -0.39 is 6.09 Å². The van der Waals surface area contributed by atoms with Crippen LogP contribution < -0.4 is 10.6 Å². The fourth-order valence-electron chi connectivity index (χ4n) is 2.03. The fourth-order valence-corrected chi connectivity index (χ4v) is 2.03. The zero-order valence-corrected chi connectivity index (χ0v) is 14.7. The molecule has 21 heavy (non-hydrogen) atoms. The summed E-state index contributed by atoms with van der Waals surface area (Å²) in [5, 5.41) is 14.1. The van der Waals surface area contributed by atoms with Gasteiger partial charge < -0.3 is 15.7 Å². The lowest BCUT2D eigenvalue weighted by Crippen LogP contribution is -2.27. The molecule has 0 fully saturated rings. The van der Waals surface area contributed by atoms with E-state index in [0.29, 0.717) is 12.5 Å². The van der Waals surface area contributed by atoms with Gasteiger partial charge in [-0.3, -0.25) is 0 Å². The predicted molar refractivity (Wildman–Crippen MR) is 92.0 cm³/mol. The van der Waals surface area contributed by atoms with Crippen LogP contribution in [0.25, 0.3) is 0 Å². The van der Waals surface area contributed by atoms with Gasteiger partial charge in [-0.2, -0.15) is 0 Å². The Morgan fingerprint density at radius 1 is 1.00 bits per heavy atom.